The molecule has 0 radical (unpaired) electrons. The SMILES string of the molecule is CC1CC(C(=O)O)CN(C(=O)NCc2ccc3c(c2)C(=O)NCC3)C1. The monoisotopic (exact) mass is 345 g/mol. The molecule has 2 unspecified atom stereocenters. The molecule has 1 aromatic carbocycles. The number of carboxylic acids is 1. The van der Waals surface area contributed by atoms with Crippen LogP contribution < -0.4 is 10.6 Å². The number of aliphatic carboxylic acids is 1. The van der Waals surface area contributed by atoms with Gasteiger partial charge in [-0.15, -0.1) is 0 Å². The molecule has 25 heavy (non-hydrogen) atoms. The molecule has 134 valence electrons. The van der Waals surface area contributed by atoms with Crippen LogP contribution in [-0.4, -0.2) is 47.5 Å². The van der Waals surface area contributed by atoms with Crippen LogP contribution in [0.1, 0.15) is 34.8 Å². The van der Waals surface area contributed by atoms with Gasteiger partial charge in [0.2, 0.25) is 0 Å². The van der Waals surface area contributed by atoms with E-state index in [2.05, 4.69) is 10.6 Å². The van der Waals surface area contributed by atoms with Crippen LogP contribution in [0.25, 0.3) is 0 Å². The van der Waals surface area contributed by atoms with E-state index in [0.29, 0.717) is 31.6 Å². The first-order valence-corrected chi connectivity index (χ1v) is 8.59. The number of rotatable bonds is 3. The Morgan fingerprint density at radius 1 is 1.36 bits per heavy atom. The van der Waals surface area contributed by atoms with Gasteiger partial charge in [0, 0.05) is 31.7 Å². The highest BCUT2D eigenvalue weighted by Gasteiger charge is 2.31. The molecule has 1 fully saturated rings. The molecule has 7 heteroatoms. The predicted molar refractivity (Wildman–Crippen MR) is 91.2 cm³/mol. The van der Waals surface area contributed by atoms with Crippen LogP contribution in [0.3, 0.4) is 0 Å². The minimum Gasteiger partial charge on any atom is -0.481 e. The molecule has 2 aliphatic heterocycles. The molecule has 1 saturated heterocycles. The first kappa shape index (κ1) is 17.3. The van der Waals surface area contributed by atoms with Crippen LogP contribution in [0.2, 0.25) is 0 Å². The number of hydrogen-bond acceptors (Lipinski definition) is 3. The fraction of sp³-hybridized carbons (Fsp3) is 0.500. The number of carbonyl (C=O) groups excluding carboxylic acids is 2. The number of likely N-dealkylation sites (tertiary alicyclic amines) is 1. The maximum atomic E-state index is 12.4. The molecule has 3 amide bonds. The van der Waals surface area contributed by atoms with Gasteiger partial charge in [0.15, 0.2) is 0 Å². The molecule has 0 spiro atoms. The molecule has 2 heterocycles. The number of nitrogens with one attached hydrogen (secondary N) is 2. The van der Waals surface area contributed by atoms with Gasteiger partial charge in [-0.1, -0.05) is 19.1 Å². The van der Waals surface area contributed by atoms with Crippen LogP contribution in [0, 0.1) is 11.8 Å². The first-order chi connectivity index (χ1) is 11.9. The number of amides is 3. The number of urea groups is 1. The molecule has 2 aliphatic rings. The third-order valence-electron chi connectivity index (χ3n) is 4.84. The Balaban J connectivity index is 1.61. The molecular weight excluding hydrogens is 322 g/mol. The van der Waals surface area contributed by atoms with E-state index in [1.165, 1.54) is 0 Å². The molecular formula is C18H23N3O4. The van der Waals surface area contributed by atoms with Crippen molar-refractivity contribution in [2.75, 3.05) is 19.6 Å². The maximum absolute atomic E-state index is 12.4. The van der Waals surface area contributed by atoms with Gasteiger partial charge in [-0.2, -0.15) is 0 Å². The van der Waals surface area contributed by atoms with Gasteiger partial charge >= 0.3 is 12.0 Å². The highest BCUT2D eigenvalue weighted by atomic mass is 16.4. The molecule has 0 aliphatic carbocycles. The van der Waals surface area contributed by atoms with Crippen molar-refractivity contribution in [2.24, 2.45) is 11.8 Å². The Kier molecular flexibility index (Phi) is 4.92. The van der Waals surface area contributed by atoms with E-state index < -0.39 is 11.9 Å². The highest BCUT2D eigenvalue weighted by Crippen LogP contribution is 2.22. The number of fused-ring (bicyclic) bond motifs is 1. The number of benzene rings is 1. The summed E-state index contributed by atoms with van der Waals surface area (Å²) in [4.78, 5) is 37.1. The van der Waals surface area contributed by atoms with Crippen molar-refractivity contribution < 1.29 is 19.5 Å². The molecule has 0 aromatic heterocycles. The largest absolute Gasteiger partial charge is 0.481 e. The van der Waals surface area contributed by atoms with E-state index in [1.807, 2.05) is 25.1 Å². The van der Waals surface area contributed by atoms with Crippen molar-refractivity contribution in [3.63, 3.8) is 0 Å². The molecule has 3 N–H and O–H groups in total. The molecule has 1 aromatic rings. The topological polar surface area (TPSA) is 98.7 Å². The van der Waals surface area contributed by atoms with Crippen molar-refractivity contribution in [1.82, 2.24) is 15.5 Å². The Hall–Kier alpha value is -2.57. The molecule has 0 saturated carbocycles. The number of hydrogen-bond donors (Lipinski definition) is 3. The molecule has 7 nitrogen and oxygen atoms in total. The zero-order chi connectivity index (χ0) is 18.0. The summed E-state index contributed by atoms with van der Waals surface area (Å²) in [6.45, 7) is 3.71. The van der Waals surface area contributed by atoms with Gasteiger partial charge in [-0.05, 0) is 36.0 Å². The van der Waals surface area contributed by atoms with E-state index in [4.69, 9.17) is 0 Å². The van der Waals surface area contributed by atoms with Crippen molar-refractivity contribution in [3.05, 3.63) is 34.9 Å². The molecule has 3 rings (SSSR count). The van der Waals surface area contributed by atoms with Gasteiger partial charge in [0.1, 0.15) is 0 Å². The summed E-state index contributed by atoms with van der Waals surface area (Å²) in [5.74, 6) is -1.29. The lowest BCUT2D eigenvalue weighted by atomic mass is 9.91. The van der Waals surface area contributed by atoms with Gasteiger partial charge in [0.25, 0.3) is 5.91 Å². The van der Waals surface area contributed by atoms with Gasteiger partial charge in [-0.25, -0.2) is 4.79 Å². The fourth-order valence-electron chi connectivity index (χ4n) is 3.55. The molecule has 0 bridgehead atoms. The normalized spacial score (nSPS) is 22.8. The van der Waals surface area contributed by atoms with E-state index in [-0.39, 0.29) is 24.4 Å². The third-order valence-corrected chi connectivity index (χ3v) is 4.84. The lowest BCUT2D eigenvalue weighted by Crippen LogP contribution is -2.49. The number of carbonyl (C=O) groups is 3. The highest BCUT2D eigenvalue weighted by molar-refractivity contribution is 5.96. The number of nitrogens with zero attached hydrogens (tertiary/aromatic N) is 1. The van der Waals surface area contributed by atoms with Crippen LogP contribution in [0.15, 0.2) is 18.2 Å². The zero-order valence-electron chi connectivity index (χ0n) is 14.2. The zero-order valence-corrected chi connectivity index (χ0v) is 14.2. The summed E-state index contributed by atoms with van der Waals surface area (Å²) in [5.41, 5.74) is 2.53. The summed E-state index contributed by atoms with van der Waals surface area (Å²) in [6, 6.07) is 5.39. The van der Waals surface area contributed by atoms with Gasteiger partial charge in [0.05, 0.1) is 5.92 Å². The first-order valence-electron chi connectivity index (χ1n) is 8.59. The summed E-state index contributed by atoms with van der Waals surface area (Å²) < 4.78 is 0. The van der Waals surface area contributed by atoms with E-state index in [0.717, 1.165) is 17.5 Å². The Labute approximate surface area is 146 Å². The number of carboxylic acid groups (broad SMARTS) is 1. The second kappa shape index (κ2) is 7.13. The second-order valence-electron chi connectivity index (χ2n) is 6.94. The quantitative estimate of drug-likeness (QED) is 0.767. The van der Waals surface area contributed by atoms with Crippen molar-refractivity contribution in [3.8, 4) is 0 Å². The summed E-state index contributed by atoms with van der Waals surface area (Å²) in [6.07, 6.45) is 1.41. The minimum absolute atomic E-state index is 0.0800. The van der Waals surface area contributed by atoms with Gasteiger partial charge < -0.3 is 20.6 Å². The Morgan fingerprint density at radius 3 is 2.92 bits per heavy atom. The molecule has 2 atom stereocenters. The van der Waals surface area contributed by atoms with E-state index >= 15 is 0 Å². The minimum atomic E-state index is -0.856. The Bertz CT molecular complexity index is 704. The summed E-state index contributed by atoms with van der Waals surface area (Å²) >= 11 is 0. The van der Waals surface area contributed by atoms with Crippen LogP contribution in [0.5, 0.6) is 0 Å². The maximum Gasteiger partial charge on any atom is 0.317 e. The average Bonchev–Trinajstić information content (AvgIpc) is 2.59. The lowest BCUT2D eigenvalue weighted by Gasteiger charge is -2.34. The van der Waals surface area contributed by atoms with Gasteiger partial charge in [-0.3, -0.25) is 9.59 Å². The summed E-state index contributed by atoms with van der Waals surface area (Å²) in [7, 11) is 0. The van der Waals surface area contributed by atoms with Crippen molar-refractivity contribution in [2.45, 2.75) is 26.3 Å². The standard InChI is InChI=1S/C18H23N3O4/c1-11-6-14(17(23)24)10-21(9-11)18(25)20-8-12-2-3-13-4-5-19-16(22)15(13)7-12/h2-3,7,11,14H,4-6,8-10H2,1H3,(H,19,22)(H,20,25)(H,23,24). The fourth-order valence-corrected chi connectivity index (χ4v) is 3.55. The summed E-state index contributed by atoms with van der Waals surface area (Å²) in [5, 5.41) is 14.8. The van der Waals surface area contributed by atoms with E-state index in [1.54, 1.807) is 4.90 Å². The lowest BCUT2D eigenvalue weighted by molar-refractivity contribution is -0.143. The van der Waals surface area contributed by atoms with Crippen molar-refractivity contribution in [1.29, 1.82) is 0 Å². The van der Waals surface area contributed by atoms with Crippen LogP contribution in [0.4, 0.5) is 4.79 Å². The van der Waals surface area contributed by atoms with Crippen LogP contribution >= 0.6 is 0 Å². The number of piperidine rings is 1. The predicted octanol–water partition coefficient (Wildman–Crippen LogP) is 1.22. The second-order valence-corrected chi connectivity index (χ2v) is 6.94. The smallest absolute Gasteiger partial charge is 0.317 e. The Morgan fingerprint density at radius 2 is 2.16 bits per heavy atom. The average molecular weight is 345 g/mol. The third kappa shape index (κ3) is 3.92. The van der Waals surface area contributed by atoms with E-state index in [9.17, 15) is 19.5 Å². The van der Waals surface area contributed by atoms with Crippen molar-refractivity contribution >= 4 is 17.9 Å². The van der Waals surface area contributed by atoms with Crippen LogP contribution in [-0.2, 0) is 17.8 Å².